The fourth-order valence-electron chi connectivity index (χ4n) is 3.50. The molecule has 0 bridgehead atoms. The molecule has 0 unspecified atom stereocenters. The lowest BCUT2D eigenvalue weighted by atomic mass is 9.97. The maximum atomic E-state index is 13.0. The summed E-state index contributed by atoms with van der Waals surface area (Å²) >= 11 is 6.15. The van der Waals surface area contributed by atoms with Crippen molar-refractivity contribution in [1.82, 2.24) is 9.62 Å². The molecule has 1 fully saturated rings. The van der Waals surface area contributed by atoms with Crippen molar-refractivity contribution in [3.8, 4) is 11.5 Å². The van der Waals surface area contributed by atoms with Gasteiger partial charge in [-0.3, -0.25) is 4.79 Å². The molecule has 1 saturated heterocycles. The third-order valence-electron chi connectivity index (χ3n) is 5.29. The Bertz CT molecular complexity index is 1000. The second-order valence-corrected chi connectivity index (χ2v) is 9.61. The molecule has 0 spiro atoms. The smallest absolute Gasteiger partial charge is 0.243 e. The van der Waals surface area contributed by atoms with Gasteiger partial charge in [0.25, 0.3) is 0 Å². The van der Waals surface area contributed by atoms with Crippen LogP contribution in [0.15, 0.2) is 47.4 Å². The lowest BCUT2D eigenvalue weighted by Gasteiger charge is -2.30. The van der Waals surface area contributed by atoms with Crippen molar-refractivity contribution in [2.24, 2.45) is 5.92 Å². The number of halogens is 1. The first kappa shape index (κ1) is 23.4. The van der Waals surface area contributed by atoms with Crippen LogP contribution in [0.1, 0.15) is 25.3 Å². The molecule has 7 nitrogen and oxygen atoms in total. The summed E-state index contributed by atoms with van der Waals surface area (Å²) in [6.45, 7) is 3.27. The molecule has 31 heavy (non-hydrogen) atoms. The third-order valence-corrected chi connectivity index (χ3v) is 7.48. The molecular formula is C22H27ClN2O5S. The zero-order chi connectivity index (χ0) is 22.4. The summed E-state index contributed by atoms with van der Waals surface area (Å²) in [6.07, 6.45) is 0.941. The number of benzene rings is 2. The van der Waals surface area contributed by atoms with Crippen LogP contribution in [0.25, 0.3) is 0 Å². The van der Waals surface area contributed by atoms with Crippen LogP contribution < -0.4 is 14.8 Å². The van der Waals surface area contributed by atoms with E-state index in [1.165, 1.54) is 16.4 Å². The van der Waals surface area contributed by atoms with Gasteiger partial charge >= 0.3 is 0 Å². The molecule has 0 radical (unpaired) electrons. The normalized spacial score (nSPS) is 15.5. The zero-order valence-corrected chi connectivity index (χ0v) is 19.2. The molecular weight excluding hydrogens is 440 g/mol. The van der Waals surface area contributed by atoms with Gasteiger partial charge < -0.3 is 14.8 Å². The molecule has 1 N–H and O–H groups in total. The number of sulfonamides is 1. The van der Waals surface area contributed by atoms with E-state index in [4.69, 9.17) is 21.1 Å². The van der Waals surface area contributed by atoms with Gasteiger partial charge in [0.1, 0.15) is 11.5 Å². The Morgan fingerprint density at radius 1 is 1.16 bits per heavy atom. The first-order valence-electron chi connectivity index (χ1n) is 10.2. The molecule has 1 heterocycles. The van der Waals surface area contributed by atoms with E-state index in [1.54, 1.807) is 13.2 Å². The van der Waals surface area contributed by atoms with Crippen molar-refractivity contribution in [2.75, 3.05) is 26.8 Å². The number of rotatable bonds is 8. The Labute approximate surface area is 188 Å². The Hall–Kier alpha value is -2.29. The van der Waals surface area contributed by atoms with Gasteiger partial charge in [-0.15, -0.1) is 0 Å². The molecule has 2 aromatic carbocycles. The standard InChI is InChI=1S/C22H27ClN2O5S/c1-3-30-21-9-8-19(14-20(21)23)31(27,28)25-12-10-17(11-13-25)22(26)24-15-16-4-6-18(29-2)7-5-16/h4-9,14,17H,3,10-13,15H2,1-2H3,(H,24,26). The van der Waals surface area contributed by atoms with Crippen molar-refractivity contribution in [1.29, 1.82) is 0 Å². The maximum absolute atomic E-state index is 13.0. The number of ether oxygens (including phenoxy) is 2. The summed E-state index contributed by atoms with van der Waals surface area (Å²) in [4.78, 5) is 12.7. The predicted octanol–water partition coefficient (Wildman–Crippen LogP) is 3.46. The average Bonchev–Trinajstić information content (AvgIpc) is 2.79. The van der Waals surface area contributed by atoms with Crippen molar-refractivity contribution in [2.45, 2.75) is 31.2 Å². The molecule has 9 heteroatoms. The number of piperidine rings is 1. The van der Waals surface area contributed by atoms with E-state index in [0.29, 0.717) is 31.7 Å². The van der Waals surface area contributed by atoms with Crippen LogP contribution in [0.2, 0.25) is 5.02 Å². The fraction of sp³-hybridized carbons (Fsp3) is 0.409. The lowest BCUT2D eigenvalue weighted by molar-refractivity contribution is -0.126. The van der Waals surface area contributed by atoms with E-state index in [-0.39, 0.29) is 34.8 Å². The molecule has 2 aromatic rings. The summed E-state index contributed by atoms with van der Waals surface area (Å²) in [5.74, 6) is 0.943. The highest BCUT2D eigenvalue weighted by Gasteiger charge is 2.32. The minimum atomic E-state index is -3.68. The largest absolute Gasteiger partial charge is 0.497 e. The van der Waals surface area contributed by atoms with Gasteiger partial charge in [0.2, 0.25) is 15.9 Å². The highest BCUT2D eigenvalue weighted by Crippen LogP contribution is 2.30. The van der Waals surface area contributed by atoms with Crippen LogP contribution in [0.3, 0.4) is 0 Å². The van der Waals surface area contributed by atoms with Crippen LogP contribution >= 0.6 is 11.6 Å². The number of hydrogen-bond donors (Lipinski definition) is 1. The van der Waals surface area contributed by atoms with Gasteiger partial charge in [0, 0.05) is 25.6 Å². The number of carbonyl (C=O) groups is 1. The van der Waals surface area contributed by atoms with Gasteiger partial charge in [-0.1, -0.05) is 23.7 Å². The summed E-state index contributed by atoms with van der Waals surface area (Å²) in [5, 5.41) is 3.20. The van der Waals surface area contributed by atoms with E-state index in [9.17, 15) is 13.2 Å². The highest BCUT2D eigenvalue weighted by molar-refractivity contribution is 7.89. The number of methoxy groups -OCH3 is 1. The van der Waals surface area contributed by atoms with Gasteiger partial charge in [0.05, 0.1) is 23.6 Å². The summed E-state index contributed by atoms with van der Waals surface area (Å²) in [7, 11) is -2.07. The van der Waals surface area contributed by atoms with Crippen molar-refractivity contribution in [3.63, 3.8) is 0 Å². The monoisotopic (exact) mass is 466 g/mol. The van der Waals surface area contributed by atoms with E-state index in [0.717, 1.165) is 11.3 Å². The molecule has 168 valence electrons. The van der Waals surface area contributed by atoms with Gasteiger partial charge in [-0.25, -0.2) is 8.42 Å². The second-order valence-electron chi connectivity index (χ2n) is 7.27. The van der Waals surface area contributed by atoms with Crippen LogP contribution in [0, 0.1) is 5.92 Å². The van der Waals surface area contributed by atoms with Crippen molar-refractivity contribution < 1.29 is 22.7 Å². The van der Waals surface area contributed by atoms with Crippen LogP contribution in [0.4, 0.5) is 0 Å². The maximum Gasteiger partial charge on any atom is 0.243 e. The summed E-state index contributed by atoms with van der Waals surface area (Å²) in [6, 6.07) is 12.0. The number of amides is 1. The second kappa shape index (κ2) is 10.3. The SMILES string of the molecule is CCOc1ccc(S(=O)(=O)N2CCC(C(=O)NCc3ccc(OC)cc3)CC2)cc1Cl. The molecule has 1 aliphatic rings. The molecule has 0 saturated carbocycles. The molecule has 1 amide bonds. The number of nitrogens with zero attached hydrogens (tertiary/aromatic N) is 1. The first-order chi connectivity index (χ1) is 14.8. The highest BCUT2D eigenvalue weighted by atomic mass is 35.5. The summed E-state index contributed by atoms with van der Waals surface area (Å²) in [5.41, 5.74) is 0.974. The van der Waals surface area contributed by atoms with E-state index < -0.39 is 10.0 Å². The Morgan fingerprint density at radius 2 is 1.84 bits per heavy atom. The Balaban J connectivity index is 1.55. The molecule has 0 atom stereocenters. The number of nitrogens with one attached hydrogen (secondary N) is 1. The summed E-state index contributed by atoms with van der Waals surface area (Å²) < 4.78 is 37.8. The molecule has 1 aliphatic heterocycles. The number of carbonyl (C=O) groups excluding carboxylic acids is 1. The Kier molecular flexibility index (Phi) is 7.80. The third kappa shape index (κ3) is 5.70. The zero-order valence-electron chi connectivity index (χ0n) is 17.6. The van der Waals surface area contributed by atoms with E-state index >= 15 is 0 Å². The Morgan fingerprint density at radius 3 is 2.42 bits per heavy atom. The lowest BCUT2D eigenvalue weighted by Crippen LogP contribution is -2.42. The van der Waals surface area contributed by atoms with Crippen molar-refractivity contribution >= 4 is 27.5 Å². The van der Waals surface area contributed by atoms with Gasteiger partial charge in [-0.2, -0.15) is 4.31 Å². The molecule has 0 aliphatic carbocycles. The quantitative estimate of drug-likeness (QED) is 0.644. The van der Waals surface area contributed by atoms with Crippen LogP contribution in [-0.2, 0) is 21.4 Å². The molecule has 3 rings (SSSR count). The topological polar surface area (TPSA) is 84.9 Å². The van der Waals surface area contributed by atoms with Crippen LogP contribution in [-0.4, -0.2) is 45.4 Å². The van der Waals surface area contributed by atoms with Gasteiger partial charge in [0.15, 0.2) is 0 Å². The first-order valence-corrected chi connectivity index (χ1v) is 12.0. The van der Waals surface area contributed by atoms with Crippen molar-refractivity contribution in [3.05, 3.63) is 53.1 Å². The predicted molar refractivity (Wildman–Crippen MR) is 119 cm³/mol. The molecule has 0 aromatic heterocycles. The minimum Gasteiger partial charge on any atom is -0.497 e. The minimum absolute atomic E-state index is 0.0584. The van der Waals surface area contributed by atoms with E-state index in [1.807, 2.05) is 31.2 Å². The van der Waals surface area contributed by atoms with E-state index in [2.05, 4.69) is 5.32 Å². The fourth-order valence-corrected chi connectivity index (χ4v) is 5.30. The number of hydrogen-bond acceptors (Lipinski definition) is 5. The average molecular weight is 467 g/mol. The van der Waals surface area contributed by atoms with Crippen LogP contribution in [0.5, 0.6) is 11.5 Å². The van der Waals surface area contributed by atoms with Gasteiger partial charge in [-0.05, 0) is 55.7 Å².